The molecule has 1 saturated heterocycles. The monoisotopic (exact) mass is 430 g/mol. The number of nitrogen functional groups attached to an aromatic ring is 1. The predicted octanol–water partition coefficient (Wildman–Crippen LogP) is 5.29. The summed E-state index contributed by atoms with van der Waals surface area (Å²) in [5, 5.41) is 3.34. The minimum atomic E-state index is -4.54. The third kappa shape index (κ3) is 3.01. The third-order valence-corrected chi connectivity index (χ3v) is 6.57. The molecule has 3 heterocycles. The second kappa shape index (κ2) is 6.19. The SMILES string of the molecule is CC1(C)Cc2cccc(C(C3(C)C=Cc4c(N)cccc4N3)C3(C(F)(F)F)CO3)c2O1. The molecule has 0 aromatic heterocycles. The van der Waals surface area contributed by atoms with Crippen LogP contribution in [0.4, 0.5) is 24.5 Å². The zero-order valence-corrected chi connectivity index (χ0v) is 17.6. The number of ether oxygens (including phenoxy) is 2. The fraction of sp³-hybridized carbons (Fsp3) is 0.417. The van der Waals surface area contributed by atoms with Crippen LogP contribution >= 0.6 is 0 Å². The Balaban J connectivity index is 1.68. The van der Waals surface area contributed by atoms with E-state index in [1.54, 1.807) is 43.3 Å². The summed E-state index contributed by atoms with van der Waals surface area (Å²) in [5.41, 5.74) is 5.68. The van der Waals surface area contributed by atoms with E-state index in [0.717, 1.165) is 11.1 Å². The lowest BCUT2D eigenvalue weighted by atomic mass is 9.70. The van der Waals surface area contributed by atoms with Crippen molar-refractivity contribution in [2.45, 2.75) is 56.0 Å². The van der Waals surface area contributed by atoms with E-state index in [1.807, 2.05) is 26.0 Å². The maximum atomic E-state index is 14.4. The molecule has 3 N–H and O–H groups in total. The quantitative estimate of drug-likeness (QED) is 0.513. The first-order valence-electron chi connectivity index (χ1n) is 10.3. The highest BCUT2D eigenvalue weighted by molar-refractivity contribution is 5.81. The molecule has 0 spiro atoms. The first kappa shape index (κ1) is 20.2. The average Bonchev–Trinajstić information content (AvgIpc) is 3.39. The number of benzene rings is 2. The lowest BCUT2D eigenvalue weighted by Crippen LogP contribution is -2.53. The van der Waals surface area contributed by atoms with Gasteiger partial charge in [0.05, 0.1) is 18.1 Å². The lowest BCUT2D eigenvalue weighted by molar-refractivity contribution is -0.193. The number of rotatable bonds is 3. The second-order valence-electron chi connectivity index (χ2n) is 9.53. The van der Waals surface area contributed by atoms with Crippen molar-refractivity contribution in [1.29, 1.82) is 0 Å². The Morgan fingerprint density at radius 2 is 1.81 bits per heavy atom. The van der Waals surface area contributed by atoms with Gasteiger partial charge in [-0.05, 0) is 38.5 Å². The highest BCUT2D eigenvalue weighted by atomic mass is 19.4. The summed E-state index contributed by atoms with van der Waals surface area (Å²) in [5.74, 6) is -0.527. The minimum Gasteiger partial charge on any atom is -0.487 e. The molecule has 2 aromatic carbocycles. The summed E-state index contributed by atoms with van der Waals surface area (Å²) >= 11 is 0. The van der Waals surface area contributed by atoms with Gasteiger partial charge >= 0.3 is 6.18 Å². The molecule has 3 aliphatic heterocycles. The Kier molecular flexibility index (Phi) is 4.04. The number of para-hydroxylation sites is 1. The van der Waals surface area contributed by atoms with Crippen molar-refractivity contribution in [3.63, 3.8) is 0 Å². The summed E-state index contributed by atoms with van der Waals surface area (Å²) < 4.78 is 54.6. The molecular formula is C24H25F3N2O2. The maximum absolute atomic E-state index is 14.4. The molecule has 3 aliphatic rings. The minimum absolute atomic E-state index is 0.386. The molecular weight excluding hydrogens is 405 g/mol. The first-order valence-corrected chi connectivity index (χ1v) is 10.3. The molecule has 0 saturated carbocycles. The van der Waals surface area contributed by atoms with Gasteiger partial charge in [0.25, 0.3) is 0 Å². The van der Waals surface area contributed by atoms with E-state index in [2.05, 4.69) is 5.32 Å². The smallest absolute Gasteiger partial charge is 0.420 e. The molecule has 1 fully saturated rings. The van der Waals surface area contributed by atoms with Crippen molar-refractivity contribution < 1.29 is 22.6 Å². The Labute approximate surface area is 179 Å². The number of hydrogen-bond donors (Lipinski definition) is 2. The van der Waals surface area contributed by atoms with Crippen LogP contribution in [0.5, 0.6) is 5.75 Å². The number of hydrogen-bond acceptors (Lipinski definition) is 4. The van der Waals surface area contributed by atoms with E-state index in [0.29, 0.717) is 29.1 Å². The second-order valence-corrected chi connectivity index (χ2v) is 9.53. The fourth-order valence-electron chi connectivity index (χ4n) is 5.13. The zero-order valence-electron chi connectivity index (χ0n) is 17.6. The molecule has 4 nitrogen and oxygen atoms in total. The molecule has 2 aromatic rings. The van der Waals surface area contributed by atoms with E-state index in [1.165, 1.54) is 0 Å². The standard InChI is InChI=1S/C24H25F3N2O2/c1-21(2)12-14-6-4-7-16(19(14)31-21)20(23(13-30-23)24(25,26)27)22(3)11-10-15-17(28)8-5-9-18(15)29-22/h4-11,20,29H,12-13,28H2,1-3H3. The summed E-state index contributed by atoms with van der Waals surface area (Å²) in [6.45, 7) is 5.27. The summed E-state index contributed by atoms with van der Waals surface area (Å²) in [7, 11) is 0. The number of nitrogens with two attached hydrogens (primary N) is 1. The maximum Gasteiger partial charge on any atom is 0.420 e. The highest BCUT2D eigenvalue weighted by Gasteiger charge is 2.73. The van der Waals surface area contributed by atoms with Crippen LogP contribution < -0.4 is 15.8 Å². The van der Waals surface area contributed by atoms with Crippen molar-refractivity contribution in [2.24, 2.45) is 0 Å². The van der Waals surface area contributed by atoms with Crippen molar-refractivity contribution >= 4 is 17.5 Å². The lowest BCUT2D eigenvalue weighted by Gasteiger charge is -2.43. The van der Waals surface area contributed by atoms with Crippen LogP contribution in [0.2, 0.25) is 0 Å². The van der Waals surface area contributed by atoms with Crippen LogP contribution in [0.1, 0.15) is 43.4 Å². The molecule has 164 valence electrons. The number of fused-ring (bicyclic) bond motifs is 2. The number of nitrogens with one attached hydrogen (secondary N) is 1. The van der Waals surface area contributed by atoms with Crippen molar-refractivity contribution in [3.05, 3.63) is 59.2 Å². The van der Waals surface area contributed by atoms with Gasteiger partial charge in [0.2, 0.25) is 0 Å². The Morgan fingerprint density at radius 1 is 1.10 bits per heavy atom. The Morgan fingerprint density at radius 3 is 2.48 bits per heavy atom. The molecule has 0 radical (unpaired) electrons. The molecule has 0 amide bonds. The molecule has 0 bridgehead atoms. The average molecular weight is 430 g/mol. The molecule has 3 unspecified atom stereocenters. The van der Waals surface area contributed by atoms with Gasteiger partial charge < -0.3 is 20.5 Å². The number of alkyl halides is 3. The highest BCUT2D eigenvalue weighted by Crippen LogP contribution is 2.60. The van der Waals surface area contributed by atoms with E-state index in [-0.39, 0.29) is 6.61 Å². The molecule has 31 heavy (non-hydrogen) atoms. The fourth-order valence-corrected chi connectivity index (χ4v) is 5.13. The number of halogens is 3. The van der Waals surface area contributed by atoms with Gasteiger partial charge in [0.15, 0.2) is 5.60 Å². The molecule has 5 rings (SSSR count). The van der Waals surface area contributed by atoms with Crippen LogP contribution in [0.25, 0.3) is 6.08 Å². The normalized spacial score (nSPS) is 28.8. The van der Waals surface area contributed by atoms with Gasteiger partial charge in [0.1, 0.15) is 11.4 Å². The van der Waals surface area contributed by atoms with Crippen molar-refractivity contribution in [1.82, 2.24) is 0 Å². The van der Waals surface area contributed by atoms with Crippen molar-refractivity contribution in [3.8, 4) is 5.75 Å². The number of anilines is 2. The number of epoxide rings is 1. The van der Waals surface area contributed by atoms with Crippen LogP contribution in [0, 0.1) is 0 Å². The van der Waals surface area contributed by atoms with Gasteiger partial charge in [-0.2, -0.15) is 13.2 Å². The largest absolute Gasteiger partial charge is 0.487 e. The molecule has 7 heteroatoms. The van der Waals surface area contributed by atoms with Gasteiger partial charge in [-0.1, -0.05) is 36.4 Å². The Bertz CT molecular complexity index is 1090. The van der Waals surface area contributed by atoms with Crippen molar-refractivity contribution in [2.75, 3.05) is 17.7 Å². The van der Waals surface area contributed by atoms with E-state index in [9.17, 15) is 13.2 Å². The summed E-state index contributed by atoms with van der Waals surface area (Å²) in [6, 6.07) is 10.8. The van der Waals surface area contributed by atoms with Gasteiger partial charge in [-0.3, -0.25) is 0 Å². The predicted molar refractivity (Wildman–Crippen MR) is 114 cm³/mol. The van der Waals surface area contributed by atoms with Crippen LogP contribution in [-0.2, 0) is 11.2 Å². The first-order chi connectivity index (χ1) is 14.5. The van der Waals surface area contributed by atoms with E-state index < -0.39 is 28.8 Å². The van der Waals surface area contributed by atoms with Gasteiger partial charge in [-0.15, -0.1) is 0 Å². The van der Waals surface area contributed by atoms with E-state index in [4.69, 9.17) is 15.2 Å². The van der Waals surface area contributed by atoms with E-state index >= 15 is 0 Å². The molecule has 0 aliphatic carbocycles. The van der Waals surface area contributed by atoms with Crippen LogP contribution in [0.15, 0.2) is 42.5 Å². The summed E-state index contributed by atoms with van der Waals surface area (Å²) in [4.78, 5) is 0. The zero-order chi connectivity index (χ0) is 22.2. The van der Waals surface area contributed by atoms with Crippen LogP contribution in [-0.4, -0.2) is 29.5 Å². The van der Waals surface area contributed by atoms with Gasteiger partial charge in [-0.25, -0.2) is 0 Å². The Hall–Kier alpha value is -2.67. The summed E-state index contributed by atoms with van der Waals surface area (Å²) in [6.07, 6.45) is -0.329. The molecule has 3 atom stereocenters. The third-order valence-electron chi connectivity index (χ3n) is 6.57. The van der Waals surface area contributed by atoms with Crippen LogP contribution in [0.3, 0.4) is 0 Å². The van der Waals surface area contributed by atoms with Gasteiger partial charge in [0, 0.05) is 28.9 Å². The topological polar surface area (TPSA) is 59.8 Å².